The summed E-state index contributed by atoms with van der Waals surface area (Å²) < 4.78 is 0. The molecule has 1 unspecified atom stereocenters. The maximum absolute atomic E-state index is 12.6. The van der Waals surface area contributed by atoms with Gasteiger partial charge >= 0.3 is 0 Å². The Morgan fingerprint density at radius 3 is 2.17 bits per heavy atom. The van der Waals surface area contributed by atoms with Crippen LogP contribution in [-0.2, 0) is 16.0 Å². The molecule has 0 aliphatic carbocycles. The lowest BCUT2D eigenvalue weighted by molar-refractivity contribution is -0.129. The van der Waals surface area contributed by atoms with E-state index in [1.807, 2.05) is 62.4 Å². The summed E-state index contributed by atoms with van der Waals surface area (Å²) in [6.45, 7) is 8.39. The maximum atomic E-state index is 12.6. The van der Waals surface area contributed by atoms with Gasteiger partial charge in [0.05, 0.1) is 6.42 Å². The third kappa shape index (κ3) is 7.60. The monoisotopic (exact) mass is 395 g/mol. The van der Waals surface area contributed by atoms with Crippen molar-refractivity contribution < 1.29 is 9.59 Å². The Morgan fingerprint density at radius 2 is 1.59 bits per heavy atom. The summed E-state index contributed by atoms with van der Waals surface area (Å²) in [5.41, 5.74) is 2.13. The zero-order chi connectivity index (χ0) is 21.1. The minimum absolute atomic E-state index is 0.0196. The Kier molecular flexibility index (Phi) is 9.22. The summed E-state index contributed by atoms with van der Waals surface area (Å²) in [5.74, 6) is -0.235. The predicted octanol–water partition coefficient (Wildman–Crippen LogP) is 3.40. The van der Waals surface area contributed by atoms with E-state index in [0.29, 0.717) is 6.54 Å². The molecule has 2 N–H and O–H groups in total. The molecule has 0 bridgehead atoms. The number of benzene rings is 2. The molecule has 0 saturated carbocycles. The first-order valence-corrected chi connectivity index (χ1v) is 10.4. The Hall–Kier alpha value is -2.82. The smallest absolute Gasteiger partial charge is 0.242 e. The van der Waals surface area contributed by atoms with Crippen LogP contribution in [0.3, 0.4) is 0 Å². The maximum Gasteiger partial charge on any atom is 0.242 e. The van der Waals surface area contributed by atoms with Gasteiger partial charge in [-0.05, 0) is 37.0 Å². The van der Waals surface area contributed by atoms with Gasteiger partial charge in [0.15, 0.2) is 0 Å². The van der Waals surface area contributed by atoms with Crippen LogP contribution in [-0.4, -0.2) is 37.5 Å². The number of rotatable bonds is 11. The Balaban J connectivity index is 1.79. The summed E-state index contributed by atoms with van der Waals surface area (Å²) in [4.78, 5) is 27.3. The fourth-order valence-corrected chi connectivity index (χ4v) is 3.24. The molecule has 0 heterocycles. The van der Waals surface area contributed by atoms with Crippen LogP contribution in [0.5, 0.6) is 0 Å². The molecule has 2 aromatic carbocycles. The van der Waals surface area contributed by atoms with Crippen LogP contribution >= 0.6 is 0 Å². The molecule has 29 heavy (non-hydrogen) atoms. The van der Waals surface area contributed by atoms with Crippen molar-refractivity contribution >= 4 is 17.5 Å². The lowest BCUT2D eigenvalue weighted by Gasteiger charge is -2.24. The van der Waals surface area contributed by atoms with Gasteiger partial charge in [0.25, 0.3) is 0 Å². The standard InChI is InChI=1S/C24H33N3O2/c1-4-27(21-14-9-6-10-15-21)17-11-16-25-24(29)23(19(2)3)26-22(28)18-20-12-7-5-8-13-20/h5-10,12-15,19,23H,4,11,16-18H2,1-3H3,(H,25,29)(H,26,28). The first-order chi connectivity index (χ1) is 14.0. The average molecular weight is 396 g/mol. The van der Waals surface area contributed by atoms with E-state index in [4.69, 9.17) is 0 Å². The number of hydrogen-bond acceptors (Lipinski definition) is 3. The minimum Gasteiger partial charge on any atom is -0.372 e. The van der Waals surface area contributed by atoms with Gasteiger partial charge in [-0.3, -0.25) is 9.59 Å². The quantitative estimate of drug-likeness (QED) is 0.573. The fraction of sp³-hybridized carbons (Fsp3) is 0.417. The first kappa shape index (κ1) is 22.5. The molecule has 0 aliphatic rings. The molecule has 156 valence electrons. The third-order valence-corrected chi connectivity index (χ3v) is 4.88. The molecule has 2 rings (SSSR count). The van der Waals surface area contributed by atoms with E-state index in [0.717, 1.165) is 25.1 Å². The second-order valence-corrected chi connectivity index (χ2v) is 7.51. The zero-order valence-corrected chi connectivity index (χ0v) is 17.7. The Labute approximate surface area is 174 Å². The van der Waals surface area contributed by atoms with Crippen molar-refractivity contribution in [1.29, 1.82) is 0 Å². The van der Waals surface area contributed by atoms with E-state index < -0.39 is 6.04 Å². The Morgan fingerprint density at radius 1 is 0.966 bits per heavy atom. The van der Waals surface area contributed by atoms with E-state index in [1.54, 1.807) is 0 Å². The largest absolute Gasteiger partial charge is 0.372 e. The van der Waals surface area contributed by atoms with Gasteiger partial charge in [0.1, 0.15) is 6.04 Å². The number of carbonyl (C=O) groups is 2. The number of hydrogen-bond donors (Lipinski definition) is 2. The summed E-state index contributed by atoms with van der Waals surface area (Å²) in [5, 5.41) is 5.87. The topological polar surface area (TPSA) is 61.4 Å². The van der Waals surface area contributed by atoms with Crippen molar-refractivity contribution in [3.8, 4) is 0 Å². The zero-order valence-electron chi connectivity index (χ0n) is 17.7. The van der Waals surface area contributed by atoms with Crippen LogP contribution in [0.1, 0.15) is 32.8 Å². The number of anilines is 1. The second-order valence-electron chi connectivity index (χ2n) is 7.51. The first-order valence-electron chi connectivity index (χ1n) is 10.4. The van der Waals surface area contributed by atoms with E-state index in [9.17, 15) is 9.59 Å². The number of nitrogens with zero attached hydrogens (tertiary/aromatic N) is 1. The number of carbonyl (C=O) groups excluding carboxylic acids is 2. The highest BCUT2D eigenvalue weighted by Gasteiger charge is 2.23. The molecule has 5 heteroatoms. The number of amides is 2. The summed E-state index contributed by atoms with van der Waals surface area (Å²) in [7, 11) is 0. The summed E-state index contributed by atoms with van der Waals surface area (Å²) in [6, 6.07) is 19.3. The highest BCUT2D eigenvalue weighted by molar-refractivity contribution is 5.88. The lowest BCUT2D eigenvalue weighted by atomic mass is 10.0. The van der Waals surface area contributed by atoms with E-state index in [1.165, 1.54) is 5.69 Å². The lowest BCUT2D eigenvalue weighted by Crippen LogP contribution is -2.50. The van der Waals surface area contributed by atoms with Crippen molar-refractivity contribution in [2.24, 2.45) is 5.92 Å². The van der Waals surface area contributed by atoms with Crippen LogP contribution in [0.15, 0.2) is 60.7 Å². The molecule has 2 amide bonds. The van der Waals surface area contributed by atoms with E-state index >= 15 is 0 Å². The van der Waals surface area contributed by atoms with Gasteiger partial charge in [-0.1, -0.05) is 62.4 Å². The number of para-hydroxylation sites is 1. The average Bonchev–Trinajstić information content (AvgIpc) is 2.73. The van der Waals surface area contributed by atoms with Crippen molar-refractivity contribution in [3.63, 3.8) is 0 Å². The molecule has 0 aromatic heterocycles. The van der Waals surface area contributed by atoms with Gasteiger partial charge in [-0.2, -0.15) is 0 Å². The molecule has 0 saturated heterocycles. The van der Waals surface area contributed by atoms with Gasteiger partial charge in [0, 0.05) is 25.3 Å². The molecular formula is C24H33N3O2. The SMILES string of the molecule is CCN(CCCNC(=O)C(NC(=O)Cc1ccccc1)C(C)C)c1ccccc1. The van der Waals surface area contributed by atoms with Gasteiger partial charge in [-0.25, -0.2) is 0 Å². The van der Waals surface area contributed by atoms with Crippen molar-refractivity contribution in [2.45, 2.75) is 39.7 Å². The van der Waals surface area contributed by atoms with Crippen LogP contribution in [0, 0.1) is 5.92 Å². The molecule has 1 atom stereocenters. The van der Waals surface area contributed by atoms with Crippen molar-refractivity contribution in [2.75, 3.05) is 24.5 Å². The molecular weight excluding hydrogens is 362 g/mol. The third-order valence-electron chi connectivity index (χ3n) is 4.88. The predicted molar refractivity (Wildman–Crippen MR) is 119 cm³/mol. The molecule has 5 nitrogen and oxygen atoms in total. The van der Waals surface area contributed by atoms with E-state index in [-0.39, 0.29) is 24.2 Å². The summed E-state index contributed by atoms with van der Waals surface area (Å²) in [6.07, 6.45) is 1.12. The van der Waals surface area contributed by atoms with Crippen LogP contribution in [0.4, 0.5) is 5.69 Å². The van der Waals surface area contributed by atoms with Gasteiger partial charge < -0.3 is 15.5 Å². The molecule has 2 aromatic rings. The highest BCUT2D eigenvalue weighted by Crippen LogP contribution is 2.12. The molecule has 0 fully saturated rings. The molecule has 0 aliphatic heterocycles. The van der Waals surface area contributed by atoms with Crippen LogP contribution in [0.2, 0.25) is 0 Å². The molecule has 0 radical (unpaired) electrons. The van der Waals surface area contributed by atoms with Gasteiger partial charge in [-0.15, -0.1) is 0 Å². The second kappa shape index (κ2) is 11.9. The number of nitrogens with one attached hydrogen (secondary N) is 2. The van der Waals surface area contributed by atoms with Gasteiger partial charge in [0.2, 0.25) is 11.8 Å². The normalized spacial score (nSPS) is 11.7. The Bertz CT molecular complexity index is 747. The summed E-state index contributed by atoms with van der Waals surface area (Å²) >= 11 is 0. The highest BCUT2D eigenvalue weighted by atomic mass is 16.2. The van der Waals surface area contributed by atoms with Crippen molar-refractivity contribution in [3.05, 3.63) is 66.2 Å². The molecule has 0 spiro atoms. The van der Waals surface area contributed by atoms with Crippen molar-refractivity contribution in [1.82, 2.24) is 10.6 Å². The fourth-order valence-electron chi connectivity index (χ4n) is 3.24. The van der Waals surface area contributed by atoms with E-state index in [2.05, 4.69) is 34.6 Å². The minimum atomic E-state index is -0.525. The van der Waals surface area contributed by atoms with Crippen LogP contribution < -0.4 is 15.5 Å². The van der Waals surface area contributed by atoms with Crippen LogP contribution in [0.25, 0.3) is 0 Å².